The van der Waals surface area contributed by atoms with Crippen LogP contribution in [-0.2, 0) is 11.2 Å². The smallest absolute Gasteiger partial charge is 0.219 e. The summed E-state index contributed by atoms with van der Waals surface area (Å²) in [6.07, 6.45) is 20.3. The number of tetrazole rings is 1. The number of H-pyrrole nitrogens is 1. The molecule has 6 heteroatoms. The molecule has 0 aliphatic rings. The van der Waals surface area contributed by atoms with Crippen molar-refractivity contribution in [1.29, 1.82) is 0 Å². The second kappa shape index (κ2) is 16.7. The van der Waals surface area contributed by atoms with Gasteiger partial charge in [-0.1, -0.05) is 51.2 Å². The lowest BCUT2D eigenvalue weighted by Gasteiger charge is -2.04. The van der Waals surface area contributed by atoms with E-state index in [2.05, 4.69) is 45.0 Å². The Hall–Kier alpha value is -1.72. The lowest BCUT2D eigenvalue weighted by Crippen LogP contribution is -2.23. The number of hydrogen-bond donors (Lipinski definition) is 2. The van der Waals surface area contributed by atoms with Gasteiger partial charge in [0.15, 0.2) is 0 Å². The maximum absolute atomic E-state index is 11.6. The molecule has 0 aliphatic carbocycles. The standard InChI is InChI=1S/C20H37N5O/c1-2-3-4-14-17-20(26)21-18-15-12-10-8-6-5-7-9-11-13-16-19-22-24-25-23-19/h6,8H,2-5,7,9-18H2,1H3,(H,21,26)(H,22,23,24,25)/b8-6-. The Morgan fingerprint density at radius 1 is 0.962 bits per heavy atom. The highest BCUT2D eigenvalue weighted by molar-refractivity contribution is 5.75. The van der Waals surface area contributed by atoms with Crippen LogP contribution in [0.25, 0.3) is 0 Å². The first kappa shape index (κ1) is 22.3. The molecular formula is C20H37N5O. The van der Waals surface area contributed by atoms with E-state index >= 15 is 0 Å². The third-order valence-corrected chi connectivity index (χ3v) is 4.47. The number of allylic oxidation sites excluding steroid dienone is 2. The zero-order chi connectivity index (χ0) is 18.7. The Bertz CT molecular complexity index is 459. The number of aromatic nitrogens is 4. The Balaban J connectivity index is 1.78. The van der Waals surface area contributed by atoms with Gasteiger partial charge in [0.25, 0.3) is 0 Å². The van der Waals surface area contributed by atoms with Gasteiger partial charge in [0.05, 0.1) is 0 Å². The molecule has 0 aliphatic heterocycles. The maximum atomic E-state index is 11.6. The Morgan fingerprint density at radius 3 is 2.42 bits per heavy atom. The summed E-state index contributed by atoms with van der Waals surface area (Å²) in [5.41, 5.74) is 0. The molecule has 1 aromatic rings. The molecule has 6 nitrogen and oxygen atoms in total. The molecule has 0 spiro atoms. The molecule has 0 fully saturated rings. The Labute approximate surface area is 158 Å². The van der Waals surface area contributed by atoms with Crippen molar-refractivity contribution in [2.45, 2.75) is 96.8 Å². The normalized spacial score (nSPS) is 11.3. The van der Waals surface area contributed by atoms with Gasteiger partial charge in [0.1, 0.15) is 5.82 Å². The molecule has 26 heavy (non-hydrogen) atoms. The largest absolute Gasteiger partial charge is 0.356 e. The number of amides is 1. The summed E-state index contributed by atoms with van der Waals surface area (Å²) in [6, 6.07) is 0. The number of aryl methyl sites for hydroxylation is 1. The monoisotopic (exact) mass is 363 g/mol. The SMILES string of the molecule is CCCCCCC(=O)NCCCC/C=C\CCCCCCc1nnn[nH]1. The first-order chi connectivity index (χ1) is 12.8. The summed E-state index contributed by atoms with van der Waals surface area (Å²) < 4.78 is 0. The van der Waals surface area contributed by atoms with Crippen LogP contribution in [0.2, 0.25) is 0 Å². The molecule has 2 N–H and O–H groups in total. The van der Waals surface area contributed by atoms with Crippen LogP contribution >= 0.6 is 0 Å². The van der Waals surface area contributed by atoms with E-state index in [-0.39, 0.29) is 5.91 Å². The van der Waals surface area contributed by atoms with Gasteiger partial charge in [0, 0.05) is 19.4 Å². The molecule has 0 bridgehead atoms. The topological polar surface area (TPSA) is 83.6 Å². The van der Waals surface area contributed by atoms with E-state index < -0.39 is 0 Å². The number of nitrogens with zero attached hydrogens (tertiary/aromatic N) is 3. The number of nitrogens with one attached hydrogen (secondary N) is 2. The van der Waals surface area contributed by atoms with E-state index in [1.807, 2.05) is 0 Å². The van der Waals surface area contributed by atoms with Gasteiger partial charge in [-0.15, -0.1) is 5.10 Å². The zero-order valence-electron chi connectivity index (χ0n) is 16.5. The number of unbranched alkanes of at least 4 members (excludes halogenated alkanes) is 9. The van der Waals surface area contributed by atoms with Crippen molar-refractivity contribution in [3.05, 3.63) is 18.0 Å². The fourth-order valence-electron chi connectivity index (χ4n) is 2.84. The zero-order valence-corrected chi connectivity index (χ0v) is 16.5. The van der Waals surface area contributed by atoms with Gasteiger partial charge in [-0.05, 0) is 55.4 Å². The number of aromatic amines is 1. The van der Waals surface area contributed by atoms with E-state index in [9.17, 15) is 4.79 Å². The number of rotatable bonds is 17. The van der Waals surface area contributed by atoms with Crippen LogP contribution in [0.1, 0.15) is 96.2 Å². The van der Waals surface area contributed by atoms with E-state index in [4.69, 9.17) is 0 Å². The summed E-state index contributed by atoms with van der Waals surface area (Å²) in [5, 5.41) is 16.8. The maximum Gasteiger partial charge on any atom is 0.219 e. The van der Waals surface area contributed by atoms with Gasteiger partial charge in [-0.2, -0.15) is 0 Å². The predicted octanol–water partition coefficient (Wildman–Crippen LogP) is 4.51. The van der Waals surface area contributed by atoms with Gasteiger partial charge >= 0.3 is 0 Å². The Morgan fingerprint density at radius 2 is 1.69 bits per heavy atom. The summed E-state index contributed by atoms with van der Waals surface area (Å²) >= 11 is 0. The third kappa shape index (κ3) is 13.6. The summed E-state index contributed by atoms with van der Waals surface area (Å²) in [6.45, 7) is 3.01. The molecule has 1 rings (SSSR count). The molecular weight excluding hydrogens is 326 g/mol. The quantitative estimate of drug-likeness (QED) is 0.315. The van der Waals surface area contributed by atoms with Crippen molar-refractivity contribution < 1.29 is 4.79 Å². The van der Waals surface area contributed by atoms with E-state index in [1.165, 1.54) is 44.9 Å². The van der Waals surface area contributed by atoms with Gasteiger partial charge in [0.2, 0.25) is 5.91 Å². The van der Waals surface area contributed by atoms with E-state index in [0.29, 0.717) is 6.42 Å². The number of carbonyl (C=O) groups is 1. The molecule has 0 saturated carbocycles. The predicted molar refractivity (Wildman–Crippen MR) is 106 cm³/mol. The highest BCUT2D eigenvalue weighted by atomic mass is 16.1. The van der Waals surface area contributed by atoms with Crippen LogP contribution in [0.3, 0.4) is 0 Å². The van der Waals surface area contributed by atoms with Gasteiger partial charge in [-0.25, -0.2) is 5.10 Å². The number of hydrogen-bond acceptors (Lipinski definition) is 4. The molecule has 1 aromatic heterocycles. The van der Waals surface area contributed by atoms with Crippen molar-refractivity contribution in [1.82, 2.24) is 25.9 Å². The van der Waals surface area contributed by atoms with Crippen molar-refractivity contribution >= 4 is 5.91 Å². The van der Waals surface area contributed by atoms with Crippen molar-refractivity contribution in [2.75, 3.05) is 6.54 Å². The fourth-order valence-corrected chi connectivity index (χ4v) is 2.84. The minimum absolute atomic E-state index is 0.219. The molecule has 0 unspecified atom stereocenters. The molecule has 0 aromatic carbocycles. The van der Waals surface area contributed by atoms with Crippen molar-refractivity contribution in [3.63, 3.8) is 0 Å². The molecule has 0 atom stereocenters. The van der Waals surface area contributed by atoms with E-state index in [0.717, 1.165) is 50.9 Å². The van der Waals surface area contributed by atoms with E-state index in [1.54, 1.807) is 0 Å². The minimum Gasteiger partial charge on any atom is -0.356 e. The van der Waals surface area contributed by atoms with Gasteiger partial charge < -0.3 is 5.32 Å². The third-order valence-electron chi connectivity index (χ3n) is 4.47. The van der Waals surface area contributed by atoms with Crippen LogP contribution in [0, 0.1) is 0 Å². The minimum atomic E-state index is 0.219. The first-order valence-electron chi connectivity index (χ1n) is 10.5. The molecule has 148 valence electrons. The molecule has 1 heterocycles. The first-order valence-corrected chi connectivity index (χ1v) is 10.5. The second-order valence-electron chi connectivity index (χ2n) is 6.93. The average Bonchev–Trinajstić information content (AvgIpc) is 3.16. The average molecular weight is 364 g/mol. The molecule has 0 saturated heterocycles. The second-order valence-corrected chi connectivity index (χ2v) is 6.93. The summed E-state index contributed by atoms with van der Waals surface area (Å²) in [7, 11) is 0. The van der Waals surface area contributed by atoms with Crippen LogP contribution in [-0.4, -0.2) is 33.1 Å². The molecule has 1 amide bonds. The summed E-state index contributed by atoms with van der Waals surface area (Å²) in [4.78, 5) is 11.6. The van der Waals surface area contributed by atoms with Crippen LogP contribution < -0.4 is 5.32 Å². The van der Waals surface area contributed by atoms with Crippen LogP contribution in [0.4, 0.5) is 0 Å². The van der Waals surface area contributed by atoms with Gasteiger partial charge in [-0.3, -0.25) is 4.79 Å². The van der Waals surface area contributed by atoms with Crippen LogP contribution in [0.5, 0.6) is 0 Å². The lowest BCUT2D eigenvalue weighted by atomic mass is 10.1. The number of carbonyl (C=O) groups excluding carboxylic acids is 1. The highest BCUT2D eigenvalue weighted by Gasteiger charge is 1.99. The van der Waals surface area contributed by atoms with Crippen LogP contribution in [0.15, 0.2) is 12.2 Å². The highest BCUT2D eigenvalue weighted by Crippen LogP contribution is 2.07. The Kier molecular flexibility index (Phi) is 14.4. The van der Waals surface area contributed by atoms with Crippen molar-refractivity contribution in [2.24, 2.45) is 0 Å². The van der Waals surface area contributed by atoms with Crippen molar-refractivity contribution in [3.8, 4) is 0 Å². The molecule has 0 radical (unpaired) electrons. The summed E-state index contributed by atoms with van der Waals surface area (Å²) in [5.74, 6) is 1.11. The lowest BCUT2D eigenvalue weighted by molar-refractivity contribution is -0.121. The fraction of sp³-hybridized carbons (Fsp3) is 0.800.